The number of imidazole rings is 1. The normalized spacial score (nSPS) is 9.90. The second-order valence-electron chi connectivity index (χ2n) is 1.90. The first kappa shape index (κ1) is 7.41. The molecule has 0 aromatic carbocycles. The maximum absolute atomic E-state index is 5.78. The van der Waals surface area contributed by atoms with Crippen molar-refractivity contribution < 1.29 is 0 Å². The molecule has 10 heavy (non-hydrogen) atoms. The fourth-order valence-electron chi connectivity index (χ4n) is 0.855. The third-order valence-corrected chi connectivity index (χ3v) is 1.65. The Labute approximate surface area is 65.0 Å². The van der Waals surface area contributed by atoms with Gasteiger partial charge in [-0.05, 0) is 6.92 Å². The molecule has 1 heterocycles. The van der Waals surface area contributed by atoms with Crippen LogP contribution >= 0.6 is 11.6 Å². The van der Waals surface area contributed by atoms with Crippen LogP contribution in [0, 0.1) is 0 Å². The SMILES string of the molecule is CCn1c(Cl)cnc1NC. The number of hydrogen-bond acceptors (Lipinski definition) is 2. The molecule has 0 saturated carbocycles. The molecule has 0 amide bonds. The molecule has 3 nitrogen and oxygen atoms in total. The van der Waals surface area contributed by atoms with Gasteiger partial charge in [0.1, 0.15) is 5.15 Å². The van der Waals surface area contributed by atoms with Crippen LogP contribution in [0.3, 0.4) is 0 Å². The Morgan fingerprint density at radius 3 is 2.90 bits per heavy atom. The van der Waals surface area contributed by atoms with E-state index in [-0.39, 0.29) is 0 Å². The average molecular weight is 160 g/mol. The van der Waals surface area contributed by atoms with Gasteiger partial charge in [0, 0.05) is 13.6 Å². The first-order chi connectivity index (χ1) is 4.79. The van der Waals surface area contributed by atoms with Crippen LogP contribution in [0.4, 0.5) is 5.95 Å². The van der Waals surface area contributed by atoms with E-state index in [1.165, 1.54) is 0 Å². The molecule has 0 unspecified atom stereocenters. The van der Waals surface area contributed by atoms with Crippen molar-refractivity contribution in [3.05, 3.63) is 11.3 Å². The van der Waals surface area contributed by atoms with E-state index in [2.05, 4.69) is 10.3 Å². The van der Waals surface area contributed by atoms with Gasteiger partial charge < -0.3 is 9.88 Å². The predicted molar refractivity (Wildman–Crippen MR) is 42.5 cm³/mol. The lowest BCUT2D eigenvalue weighted by Crippen LogP contribution is -2.01. The Kier molecular flexibility index (Phi) is 2.17. The van der Waals surface area contributed by atoms with Crippen LogP contribution in [0.2, 0.25) is 5.15 Å². The summed E-state index contributed by atoms with van der Waals surface area (Å²) >= 11 is 5.78. The molecule has 1 N–H and O–H groups in total. The highest BCUT2D eigenvalue weighted by atomic mass is 35.5. The molecular formula is C6H10ClN3. The van der Waals surface area contributed by atoms with Gasteiger partial charge in [-0.2, -0.15) is 0 Å². The van der Waals surface area contributed by atoms with E-state index < -0.39 is 0 Å². The molecule has 0 radical (unpaired) electrons. The van der Waals surface area contributed by atoms with Crippen molar-refractivity contribution in [1.29, 1.82) is 0 Å². The summed E-state index contributed by atoms with van der Waals surface area (Å²) in [5, 5.41) is 3.61. The summed E-state index contributed by atoms with van der Waals surface area (Å²) in [6.45, 7) is 2.86. The quantitative estimate of drug-likeness (QED) is 0.711. The van der Waals surface area contributed by atoms with Gasteiger partial charge in [0.2, 0.25) is 5.95 Å². The lowest BCUT2D eigenvalue weighted by Gasteiger charge is -2.02. The van der Waals surface area contributed by atoms with Crippen molar-refractivity contribution in [1.82, 2.24) is 9.55 Å². The Bertz CT molecular complexity index is 219. The van der Waals surface area contributed by atoms with E-state index in [1.807, 2.05) is 18.5 Å². The molecule has 0 aliphatic rings. The molecule has 1 aromatic heterocycles. The minimum atomic E-state index is 0.673. The highest BCUT2D eigenvalue weighted by Gasteiger charge is 2.02. The highest BCUT2D eigenvalue weighted by molar-refractivity contribution is 6.29. The van der Waals surface area contributed by atoms with Crippen LogP contribution in [0.5, 0.6) is 0 Å². The Hall–Kier alpha value is -0.700. The number of nitrogens with one attached hydrogen (secondary N) is 1. The summed E-state index contributed by atoms with van der Waals surface area (Å²) in [6.07, 6.45) is 1.64. The zero-order valence-corrected chi connectivity index (χ0v) is 6.81. The number of nitrogens with zero attached hydrogens (tertiary/aromatic N) is 2. The number of anilines is 1. The number of rotatable bonds is 2. The van der Waals surface area contributed by atoms with Crippen LogP contribution in [0.1, 0.15) is 6.92 Å². The smallest absolute Gasteiger partial charge is 0.203 e. The zero-order chi connectivity index (χ0) is 7.56. The fourth-order valence-corrected chi connectivity index (χ4v) is 1.10. The molecule has 4 heteroatoms. The standard InChI is InChI=1S/C6H10ClN3/c1-3-10-5(7)4-9-6(10)8-2/h4H,3H2,1-2H3,(H,8,9). The molecule has 0 fully saturated rings. The van der Waals surface area contributed by atoms with Crippen molar-refractivity contribution in [2.24, 2.45) is 0 Å². The van der Waals surface area contributed by atoms with Crippen molar-refractivity contribution in [2.75, 3.05) is 12.4 Å². The topological polar surface area (TPSA) is 29.9 Å². The van der Waals surface area contributed by atoms with E-state index >= 15 is 0 Å². The summed E-state index contributed by atoms with van der Waals surface area (Å²) in [6, 6.07) is 0. The van der Waals surface area contributed by atoms with E-state index in [9.17, 15) is 0 Å². The zero-order valence-electron chi connectivity index (χ0n) is 6.06. The predicted octanol–water partition coefficient (Wildman–Crippen LogP) is 1.60. The minimum absolute atomic E-state index is 0.673. The van der Waals surface area contributed by atoms with Crippen molar-refractivity contribution in [2.45, 2.75) is 13.5 Å². The Morgan fingerprint density at radius 2 is 2.50 bits per heavy atom. The average Bonchev–Trinajstić information content (AvgIpc) is 2.30. The van der Waals surface area contributed by atoms with Crippen LogP contribution in [-0.2, 0) is 6.54 Å². The minimum Gasteiger partial charge on any atom is -0.359 e. The Balaban J connectivity index is 3.01. The van der Waals surface area contributed by atoms with E-state index in [1.54, 1.807) is 6.20 Å². The van der Waals surface area contributed by atoms with E-state index in [4.69, 9.17) is 11.6 Å². The van der Waals surface area contributed by atoms with Gasteiger partial charge in [-0.1, -0.05) is 11.6 Å². The molecule has 0 bridgehead atoms. The van der Waals surface area contributed by atoms with Gasteiger partial charge >= 0.3 is 0 Å². The van der Waals surface area contributed by atoms with Gasteiger partial charge in [0.05, 0.1) is 6.20 Å². The van der Waals surface area contributed by atoms with E-state index in [0.717, 1.165) is 12.5 Å². The van der Waals surface area contributed by atoms with Gasteiger partial charge in [0.15, 0.2) is 0 Å². The first-order valence-electron chi connectivity index (χ1n) is 3.18. The molecule has 0 aliphatic carbocycles. The highest BCUT2D eigenvalue weighted by Crippen LogP contribution is 2.14. The molecule has 1 rings (SSSR count). The van der Waals surface area contributed by atoms with Crippen molar-refractivity contribution in [3.8, 4) is 0 Å². The van der Waals surface area contributed by atoms with Crippen LogP contribution in [0.15, 0.2) is 6.20 Å². The summed E-state index contributed by atoms with van der Waals surface area (Å²) < 4.78 is 1.89. The summed E-state index contributed by atoms with van der Waals surface area (Å²) in [5.41, 5.74) is 0. The largest absolute Gasteiger partial charge is 0.359 e. The number of hydrogen-bond donors (Lipinski definition) is 1. The third kappa shape index (κ3) is 1.09. The lowest BCUT2D eigenvalue weighted by atomic mass is 10.7. The fraction of sp³-hybridized carbons (Fsp3) is 0.500. The molecule has 0 atom stereocenters. The van der Waals surface area contributed by atoms with Gasteiger partial charge in [-0.3, -0.25) is 0 Å². The van der Waals surface area contributed by atoms with Gasteiger partial charge in [-0.15, -0.1) is 0 Å². The maximum Gasteiger partial charge on any atom is 0.203 e. The molecule has 56 valence electrons. The molecule has 0 saturated heterocycles. The second kappa shape index (κ2) is 2.92. The molecular weight excluding hydrogens is 150 g/mol. The van der Waals surface area contributed by atoms with Crippen LogP contribution < -0.4 is 5.32 Å². The number of halogens is 1. The number of aromatic nitrogens is 2. The van der Waals surface area contributed by atoms with E-state index in [0.29, 0.717) is 5.15 Å². The van der Waals surface area contributed by atoms with Crippen LogP contribution in [-0.4, -0.2) is 16.6 Å². The van der Waals surface area contributed by atoms with Gasteiger partial charge in [0.25, 0.3) is 0 Å². The van der Waals surface area contributed by atoms with Crippen molar-refractivity contribution in [3.63, 3.8) is 0 Å². The van der Waals surface area contributed by atoms with Gasteiger partial charge in [-0.25, -0.2) is 4.98 Å². The van der Waals surface area contributed by atoms with Crippen LogP contribution in [0.25, 0.3) is 0 Å². The summed E-state index contributed by atoms with van der Waals surface area (Å²) in [5.74, 6) is 0.813. The third-order valence-electron chi connectivity index (χ3n) is 1.35. The lowest BCUT2D eigenvalue weighted by molar-refractivity contribution is 0.770. The molecule has 0 spiro atoms. The maximum atomic E-state index is 5.78. The molecule has 1 aromatic rings. The second-order valence-corrected chi connectivity index (χ2v) is 2.29. The van der Waals surface area contributed by atoms with Crippen molar-refractivity contribution >= 4 is 17.5 Å². The first-order valence-corrected chi connectivity index (χ1v) is 3.56. The summed E-state index contributed by atoms with van der Waals surface area (Å²) in [7, 11) is 1.82. The molecule has 0 aliphatic heterocycles. The summed E-state index contributed by atoms with van der Waals surface area (Å²) in [4.78, 5) is 4.02. The Morgan fingerprint density at radius 1 is 1.80 bits per heavy atom. The monoisotopic (exact) mass is 159 g/mol.